The van der Waals surface area contributed by atoms with Crippen molar-refractivity contribution in [1.29, 1.82) is 0 Å². The smallest absolute Gasteiger partial charge is 0.408 e. The molecule has 1 aliphatic rings. The molecule has 1 aliphatic heterocycles. The van der Waals surface area contributed by atoms with Crippen molar-refractivity contribution in [3.05, 3.63) is 86.0 Å². The summed E-state index contributed by atoms with van der Waals surface area (Å²) in [4.78, 5) is 70.9. The lowest BCUT2D eigenvalue weighted by Gasteiger charge is -2.32. The second kappa shape index (κ2) is 12.2. The number of non-ortho nitro benzene ring substituents is 1. The quantitative estimate of drug-likeness (QED) is 0.189. The molecule has 2 atom stereocenters. The van der Waals surface area contributed by atoms with E-state index in [1.807, 2.05) is 0 Å². The van der Waals surface area contributed by atoms with Crippen LogP contribution in [0.5, 0.6) is 0 Å². The van der Waals surface area contributed by atoms with Gasteiger partial charge in [-0.2, -0.15) is 0 Å². The first-order valence-corrected chi connectivity index (χ1v) is 11.0. The van der Waals surface area contributed by atoms with Gasteiger partial charge in [-0.15, -0.1) is 0 Å². The van der Waals surface area contributed by atoms with Gasteiger partial charge in [0.1, 0.15) is 19.3 Å². The molecule has 1 N–H and O–H groups in total. The first kappa shape index (κ1) is 26.7. The normalized spacial score (nSPS) is 14.1. The Hall–Kier alpha value is -4.88. The van der Waals surface area contributed by atoms with E-state index in [0.29, 0.717) is 11.1 Å². The zero-order valence-corrected chi connectivity index (χ0v) is 19.3. The van der Waals surface area contributed by atoms with Crippen molar-refractivity contribution in [1.82, 2.24) is 10.2 Å². The summed E-state index contributed by atoms with van der Waals surface area (Å²) in [6.45, 7) is -0.486. The molecule has 37 heavy (non-hydrogen) atoms. The maximum Gasteiger partial charge on any atom is 0.408 e. The number of ketones is 1. The van der Waals surface area contributed by atoms with Crippen LogP contribution in [0.3, 0.4) is 0 Å². The second-order valence-electron chi connectivity index (χ2n) is 7.96. The Morgan fingerprint density at radius 3 is 2.11 bits per heavy atom. The molecule has 2 aromatic carbocycles. The highest BCUT2D eigenvalue weighted by atomic mass is 16.6. The molecule has 1 unspecified atom stereocenters. The third-order valence-corrected chi connectivity index (χ3v) is 5.39. The van der Waals surface area contributed by atoms with Crippen molar-refractivity contribution in [2.45, 2.75) is 38.3 Å². The van der Waals surface area contributed by atoms with E-state index in [0.717, 1.165) is 4.90 Å². The summed E-state index contributed by atoms with van der Waals surface area (Å²) in [5.41, 5.74) is 0.870. The lowest BCUT2D eigenvalue weighted by Crippen LogP contribution is -2.57. The molecular weight excluding hydrogens is 492 g/mol. The number of Topliss-reactive ketones (excluding diaryl/α,β-unsaturated/α-hetero) is 1. The third-order valence-electron chi connectivity index (χ3n) is 5.39. The number of ether oxygens (including phenoxy) is 2. The number of benzene rings is 2. The maximum atomic E-state index is 12.7. The molecule has 14 heteroatoms. The van der Waals surface area contributed by atoms with Gasteiger partial charge in [-0.05, 0) is 23.3 Å². The number of nitrogens with zero attached hydrogens (tertiary/aromatic N) is 3. The van der Waals surface area contributed by atoms with Gasteiger partial charge in [-0.25, -0.2) is 9.59 Å². The number of carbonyl (C=O) groups excluding carboxylic acids is 4. The number of amides is 2. The number of nitro groups is 2. The molecule has 1 heterocycles. The number of alkyl carbamates (subject to hydrolysis) is 1. The molecule has 14 nitrogen and oxygen atoms in total. The predicted molar refractivity (Wildman–Crippen MR) is 123 cm³/mol. The second-order valence-corrected chi connectivity index (χ2v) is 7.96. The molecule has 0 aliphatic carbocycles. The molecule has 3 rings (SSSR count). The van der Waals surface area contributed by atoms with Gasteiger partial charge in [-0.3, -0.25) is 34.7 Å². The van der Waals surface area contributed by atoms with Gasteiger partial charge in [0.05, 0.1) is 9.85 Å². The topological polar surface area (TPSA) is 188 Å². The summed E-state index contributed by atoms with van der Waals surface area (Å²) < 4.78 is 10.2. The fraction of sp³-hybridized carbons (Fsp3) is 0.304. The maximum absolute atomic E-state index is 12.7. The summed E-state index contributed by atoms with van der Waals surface area (Å²) in [6, 6.07) is 12.1. The first-order valence-electron chi connectivity index (χ1n) is 11.0. The molecule has 0 bridgehead atoms. The number of nitrogens with one attached hydrogen (secondary N) is 1. The van der Waals surface area contributed by atoms with Crippen LogP contribution in [-0.2, 0) is 37.1 Å². The highest BCUT2D eigenvalue weighted by molar-refractivity contribution is 5.94. The van der Waals surface area contributed by atoms with Crippen LogP contribution >= 0.6 is 0 Å². The molecule has 0 saturated carbocycles. The number of hydrogen-bond donors (Lipinski definition) is 1. The Kier molecular flexibility index (Phi) is 8.81. The first-order chi connectivity index (χ1) is 17.7. The summed E-state index contributed by atoms with van der Waals surface area (Å²) in [5.74, 6) is -2.69. The minimum Gasteiger partial charge on any atom is -0.459 e. The summed E-state index contributed by atoms with van der Waals surface area (Å²) in [6.07, 6.45) is -3.89. The molecule has 1 fully saturated rings. The van der Waals surface area contributed by atoms with Crippen LogP contribution in [0, 0.1) is 20.2 Å². The van der Waals surface area contributed by atoms with Crippen LogP contribution < -0.4 is 5.32 Å². The Morgan fingerprint density at radius 1 is 0.946 bits per heavy atom. The summed E-state index contributed by atoms with van der Waals surface area (Å²) in [5, 5.41) is 24.4. The fourth-order valence-electron chi connectivity index (χ4n) is 3.37. The Labute approximate surface area is 209 Å². The molecule has 1 saturated heterocycles. The van der Waals surface area contributed by atoms with Crippen molar-refractivity contribution < 1.29 is 38.5 Å². The molecule has 2 aromatic rings. The van der Waals surface area contributed by atoms with Gasteiger partial charge < -0.3 is 14.8 Å². The Bertz CT molecular complexity index is 1190. The van der Waals surface area contributed by atoms with Gasteiger partial charge in [0, 0.05) is 31.5 Å². The van der Waals surface area contributed by atoms with E-state index in [2.05, 4.69) is 5.32 Å². The predicted octanol–water partition coefficient (Wildman–Crippen LogP) is 1.73. The standard InChI is InChI=1S/C23H22N4O10/c28-19(21(27(34)35)25-11-10-20(25)29)12-18(22(30)36-13-15-4-2-1-3-5-15)24-23(31)37-14-16-6-8-17(9-7-16)26(32)33/h1-9,18,21H,10-14H2,(H,24,31)/t18-,21?/m1/s1. The number of carbonyl (C=O) groups is 4. The Morgan fingerprint density at radius 2 is 1.57 bits per heavy atom. The van der Waals surface area contributed by atoms with Crippen LogP contribution in [0.1, 0.15) is 24.0 Å². The molecule has 194 valence electrons. The van der Waals surface area contributed by atoms with Crippen molar-refractivity contribution in [2.75, 3.05) is 6.54 Å². The zero-order valence-electron chi connectivity index (χ0n) is 19.3. The van der Waals surface area contributed by atoms with Gasteiger partial charge >= 0.3 is 18.2 Å². The number of nitro benzene ring substituents is 1. The van der Waals surface area contributed by atoms with E-state index in [1.165, 1.54) is 24.3 Å². The van der Waals surface area contributed by atoms with Gasteiger partial charge in [0.15, 0.2) is 0 Å². The van der Waals surface area contributed by atoms with Crippen LogP contribution in [0.15, 0.2) is 54.6 Å². The van der Waals surface area contributed by atoms with Crippen LogP contribution in [0.4, 0.5) is 10.5 Å². The molecule has 0 radical (unpaired) electrons. The molecule has 0 aromatic heterocycles. The lowest BCUT2D eigenvalue weighted by atomic mass is 10.1. The Balaban J connectivity index is 1.66. The van der Waals surface area contributed by atoms with E-state index >= 15 is 0 Å². The molecule has 0 spiro atoms. The number of rotatable bonds is 12. The third kappa shape index (κ3) is 7.30. The van der Waals surface area contributed by atoms with Gasteiger partial charge in [0.25, 0.3) is 5.69 Å². The molecular formula is C23H22N4O10. The largest absolute Gasteiger partial charge is 0.459 e. The lowest BCUT2D eigenvalue weighted by molar-refractivity contribution is -0.532. The number of likely N-dealkylation sites (tertiary alicyclic amines) is 1. The average Bonchev–Trinajstić information content (AvgIpc) is 2.88. The highest BCUT2D eigenvalue weighted by Gasteiger charge is 2.45. The SMILES string of the molecule is O=C(N[C@H](CC(=O)C(N1CCC1=O)[N+](=O)[O-])C(=O)OCc1ccccc1)OCc1ccc([N+](=O)[O-])cc1. The fourth-order valence-corrected chi connectivity index (χ4v) is 3.37. The number of esters is 1. The minimum absolute atomic E-state index is 0.0179. The van der Waals surface area contributed by atoms with E-state index in [9.17, 15) is 39.4 Å². The monoisotopic (exact) mass is 514 g/mol. The number of hydrogen-bond acceptors (Lipinski definition) is 10. The van der Waals surface area contributed by atoms with E-state index in [-0.39, 0.29) is 31.9 Å². The molecule has 2 amide bonds. The van der Waals surface area contributed by atoms with Crippen LogP contribution in [0.2, 0.25) is 0 Å². The summed E-state index contributed by atoms with van der Waals surface area (Å²) >= 11 is 0. The van der Waals surface area contributed by atoms with E-state index < -0.39 is 52.2 Å². The summed E-state index contributed by atoms with van der Waals surface area (Å²) in [7, 11) is 0. The highest BCUT2D eigenvalue weighted by Crippen LogP contribution is 2.17. The van der Waals surface area contributed by atoms with Crippen molar-refractivity contribution >= 4 is 29.4 Å². The minimum atomic E-state index is -2.00. The van der Waals surface area contributed by atoms with Crippen molar-refractivity contribution in [2.24, 2.45) is 0 Å². The van der Waals surface area contributed by atoms with Crippen LogP contribution in [0.25, 0.3) is 0 Å². The van der Waals surface area contributed by atoms with Crippen molar-refractivity contribution in [3.8, 4) is 0 Å². The zero-order chi connectivity index (χ0) is 26.9. The average molecular weight is 514 g/mol. The van der Waals surface area contributed by atoms with Crippen molar-refractivity contribution in [3.63, 3.8) is 0 Å². The van der Waals surface area contributed by atoms with Gasteiger partial charge in [-0.1, -0.05) is 30.3 Å². The van der Waals surface area contributed by atoms with Gasteiger partial charge in [0.2, 0.25) is 11.7 Å². The van der Waals surface area contributed by atoms with Crippen LogP contribution in [-0.4, -0.2) is 57.3 Å². The van der Waals surface area contributed by atoms with E-state index in [1.54, 1.807) is 30.3 Å². The van der Waals surface area contributed by atoms with E-state index in [4.69, 9.17) is 9.47 Å². The number of β-lactam (4-membered cyclic amide) rings is 1.